The first-order valence-corrected chi connectivity index (χ1v) is 7.31. The van der Waals surface area contributed by atoms with Gasteiger partial charge in [-0.05, 0) is 25.8 Å². The number of aryl methyl sites for hydroxylation is 1. The first-order chi connectivity index (χ1) is 9.43. The Labute approximate surface area is 120 Å². The summed E-state index contributed by atoms with van der Waals surface area (Å²) in [5.74, 6) is 0.828. The molecule has 2 atom stereocenters. The lowest BCUT2D eigenvalue weighted by molar-refractivity contribution is -0.153. The van der Waals surface area contributed by atoms with Crippen molar-refractivity contribution in [3.63, 3.8) is 0 Å². The maximum atomic E-state index is 11.8. The van der Waals surface area contributed by atoms with Crippen LogP contribution in [-0.4, -0.2) is 39.1 Å². The molecule has 0 bridgehead atoms. The molecule has 1 fully saturated rings. The minimum Gasteiger partial charge on any atom is -0.481 e. The highest BCUT2D eigenvalue weighted by Crippen LogP contribution is 2.40. The maximum Gasteiger partial charge on any atom is 0.310 e. The average molecular weight is 279 g/mol. The fourth-order valence-electron chi connectivity index (χ4n) is 3.43. The van der Waals surface area contributed by atoms with E-state index in [4.69, 9.17) is 0 Å². The van der Waals surface area contributed by atoms with Crippen LogP contribution >= 0.6 is 0 Å². The van der Waals surface area contributed by atoms with Gasteiger partial charge in [0.25, 0.3) is 0 Å². The SMILES string of the molecule is CC1CCCC(CN(C)Cc2nccn2C)(C(=O)O)C1. The zero-order chi connectivity index (χ0) is 14.8. The molecule has 1 aromatic rings. The number of carbonyl (C=O) groups is 1. The number of carboxylic acids is 1. The van der Waals surface area contributed by atoms with Crippen molar-refractivity contribution in [2.75, 3.05) is 13.6 Å². The van der Waals surface area contributed by atoms with Gasteiger partial charge in [0.1, 0.15) is 5.82 Å². The van der Waals surface area contributed by atoms with Crippen LogP contribution in [0.1, 0.15) is 38.4 Å². The van der Waals surface area contributed by atoms with Gasteiger partial charge in [0.15, 0.2) is 0 Å². The van der Waals surface area contributed by atoms with Gasteiger partial charge in [0.05, 0.1) is 12.0 Å². The molecule has 0 spiro atoms. The summed E-state index contributed by atoms with van der Waals surface area (Å²) in [5.41, 5.74) is -0.586. The molecular formula is C15H25N3O2. The van der Waals surface area contributed by atoms with Crippen LogP contribution < -0.4 is 0 Å². The summed E-state index contributed by atoms with van der Waals surface area (Å²) in [6.45, 7) is 3.45. The second-order valence-electron chi connectivity index (χ2n) is 6.41. The highest BCUT2D eigenvalue weighted by atomic mass is 16.4. The zero-order valence-electron chi connectivity index (χ0n) is 12.7. The predicted molar refractivity (Wildman–Crippen MR) is 77.2 cm³/mol. The molecule has 0 amide bonds. The minimum atomic E-state index is -0.643. The van der Waals surface area contributed by atoms with Crippen molar-refractivity contribution in [1.82, 2.24) is 14.5 Å². The molecule has 1 aliphatic rings. The Balaban J connectivity index is 2.04. The summed E-state index contributed by atoms with van der Waals surface area (Å²) >= 11 is 0. The third-order valence-electron chi connectivity index (χ3n) is 4.45. The molecule has 1 aliphatic carbocycles. The third-order valence-corrected chi connectivity index (χ3v) is 4.45. The van der Waals surface area contributed by atoms with Gasteiger partial charge in [-0.3, -0.25) is 9.69 Å². The second-order valence-corrected chi connectivity index (χ2v) is 6.41. The Morgan fingerprint density at radius 1 is 1.65 bits per heavy atom. The number of imidazole rings is 1. The van der Waals surface area contributed by atoms with Gasteiger partial charge < -0.3 is 9.67 Å². The van der Waals surface area contributed by atoms with E-state index in [1.165, 1.54) is 0 Å². The van der Waals surface area contributed by atoms with E-state index >= 15 is 0 Å². The molecule has 112 valence electrons. The van der Waals surface area contributed by atoms with Gasteiger partial charge >= 0.3 is 5.97 Å². The molecular weight excluding hydrogens is 254 g/mol. The lowest BCUT2D eigenvalue weighted by Gasteiger charge is -2.39. The van der Waals surface area contributed by atoms with Crippen LogP contribution in [0.25, 0.3) is 0 Å². The standard InChI is InChI=1S/C15H25N3O2/c1-12-5-4-6-15(9-12,14(19)20)11-17(2)10-13-16-7-8-18(13)3/h7-8,12H,4-6,9-11H2,1-3H3,(H,19,20). The van der Waals surface area contributed by atoms with Crippen molar-refractivity contribution in [2.45, 2.75) is 39.2 Å². The van der Waals surface area contributed by atoms with E-state index < -0.39 is 11.4 Å². The summed E-state index contributed by atoms with van der Waals surface area (Å²) in [6.07, 6.45) is 7.43. The molecule has 5 nitrogen and oxygen atoms in total. The Morgan fingerprint density at radius 2 is 2.40 bits per heavy atom. The highest BCUT2D eigenvalue weighted by Gasteiger charge is 2.42. The molecule has 0 radical (unpaired) electrons. The van der Waals surface area contributed by atoms with Gasteiger partial charge in [-0.15, -0.1) is 0 Å². The van der Waals surface area contributed by atoms with E-state index in [1.54, 1.807) is 6.20 Å². The number of nitrogens with zero attached hydrogens (tertiary/aromatic N) is 3. The van der Waals surface area contributed by atoms with Crippen LogP contribution in [0.4, 0.5) is 0 Å². The summed E-state index contributed by atoms with van der Waals surface area (Å²) in [4.78, 5) is 18.2. The van der Waals surface area contributed by atoms with E-state index in [1.807, 2.05) is 24.9 Å². The van der Waals surface area contributed by atoms with E-state index in [0.29, 0.717) is 19.0 Å². The van der Waals surface area contributed by atoms with Crippen LogP contribution in [-0.2, 0) is 18.4 Å². The van der Waals surface area contributed by atoms with Crippen molar-refractivity contribution in [3.8, 4) is 0 Å². The number of aromatic nitrogens is 2. The van der Waals surface area contributed by atoms with Crippen LogP contribution in [0, 0.1) is 11.3 Å². The van der Waals surface area contributed by atoms with Gasteiger partial charge in [-0.2, -0.15) is 0 Å². The fourth-order valence-corrected chi connectivity index (χ4v) is 3.43. The lowest BCUT2D eigenvalue weighted by Crippen LogP contribution is -2.44. The molecule has 1 saturated carbocycles. The molecule has 1 aromatic heterocycles. The summed E-state index contributed by atoms with van der Waals surface area (Å²) in [7, 11) is 3.95. The highest BCUT2D eigenvalue weighted by molar-refractivity contribution is 5.75. The smallest absolute Gasteiger partial charge is 0.310 e. The first-order valence-electron chi connectivity index (χ1n) is 7.31. The molecule has 2 rings (SSSR count). The number of hydrogen-bond acceptors (Lipinski definition) is 3. The monoisotopic (exact) mass is 279 g/mol. The van der Waals surface area contributed by atoms with Gasteiger partial charge in [-0.1, -0.05) is 19.8 Å². The normalized spacial score (nSPS) is 26.9. The van der Waals surface area contributed by atoms with Crippen molar-refractivity contribution in [3.05, 3.63) is 18.2 Å². The molecule has 0 aliphatic heterocycles. The average Bonchev–Trinajstić information content (AvgIpc) is 2.74. The van der Waals surface area contributed by atoms with Gasteiger partial charge in [0, 0.05) is 26.0 Å². The number of hydrogen-bond donors (Lipinski definition) is 1. The third kappa shape index (κ3) is 3.20. The predicted octanol–water partition coefficient (Wildman–Crippen LogP) is 2.13. The van der Waals surface area contributed by atoms with Crippen molar-refractivity contribution in [1.29, 1.82) is 0 Å². The molecule has 1 heterocycles. The maximum absolute atomic E-state index is 11.8. The second kappa shape index (κ2) is 5.95. The fraction of sp³-hybridized carbons (Fsp3) is 0.733. The van der Waals surface area contributed by atoms with Crippen molar-refractivity contribution < 1.29 is 9.90 Å². The van der Waals surface area contributed by atoms with E-state index in [2.05, 4.69) is 16.8 Å². The Hall–Kier alpha value is -1.36. The van der Waals surface area contributed by atoms with Crippen LogP contribution in [0.2, 0.25) is 0 Å². The quantitative estimate of drug-likeness (QED) is 0.897. The summed E-state index contributed by atoms with van der Waals surface area (Å²) in [6, 6.07) is 0. The van der Waals surface area contributed by atoms with E-state index in [-0.39, 0.29) is 0 Å². The van der Waals surface area contributed by atoms with Crippen molar-refractivity contribution in [2.24, 2.45) is 18.4 Å². The molecule has 1 N–H and O–H groups in total. The number of aliphatic carboxylic acids is 1. The Kier molecular flexibility index (Phi) is 4.48. The van der Waals surface area contributed by atoms with Crippen LogP contribution in [0.15, 0.2) is 12.4 Å². The van der Waals surface area contributed by atoms with Crippen LogP contribution in [0.3, 0.4) is 0 Å². The number of rotatable bonds is 5. The Morgan fingerprint density at radius 3 is 2.95 bits per heavy atom. The molecule has 0 aromatic carbocycles. The molecule has 5 heteroatoms. The zero-order valence-corrected chi connectivity index (χ0v) is 12.7. The van der Waals surface area contributed by atoms with Gasteiger partial charge in [0.2, 0.25) is 0 Å². The summed E-state index contributed by atoms with van der Waals surface area (Å²) in [5, 5.41) is 9.69. The topological polar surface area (TPSA) is 58.4 Å². The largest absolute Gasteiger partial charge is 0.481 e. The molecule has 20 heavy (non-hydrogen) atoms. The first kappa shape index (κ1) is 15.0. The van der Waals surface area contributed by atoms with Crippen LogP contribution in [0.5, 0.6) is 0 Å². The molecule has 2 unspecified atom stereocenters. The molecule has 0 saturated heterocycles. The van der Waals surface area contributed by atoms with E-state index in [9.17, 15) is 9.90 Å². The van der Waals surface area contributed by atoms with Crippen molar-refractivity contribution >= 4 is 5.97 Å². The lowest BCUT2D eigenvalue weighted by atomic mass is 9.70. The minimum absolute atomic E-state index is 0.501. The number of carboxylic acid groups (broad SMARTS) is 1. The summed E-state index contributed by atoms with van der Waals surface area (Å²) < 4.78 is 1.98. The Bertz CT molecular complexity index is 471. The van der Waals surface area contributed by atoms with Gasteiger partial charge in [-0.25, -0.2) is 4.98 Å². The van der Waals surface area contributed by atoms with E-state index in [0.717, 1.165) is 31.5 Å².